The first-order valence-electron chi connectivity index (χ1n) is 6.66. The lowest BCUT2D eigenvalue weighted by Crippen LogP contribution is -2.36. The number of aldehydes is 1. The van der Waals surface area contributed by atoms with E-state index >= 15 is 0 Å². The molecule has 0 amide bonds. The van der Waals surface area contributed by atoms with E-state index in [0.717, 1.165) is 30.6 Å². The van der Waals surface area contributed by atoms with Crippen molar-refractivity contribution in [2.75, 3.05) is 6.54 Å². The first-order valence-corrected chi connectivity index (χ1v) is 6.66. The van der Waals surface area contributed by atoms with Crippen LogP contribution in [0.15, 0.2) is 18.2 Å². The number of rotatable bonds is 4. The number of nitrogens with one attached hydrogen (secondary N) is 1. The molecule has 1 unspecified atom stereocenters. The van der Waals surface area contributed by atoms with Gasteiger partial charge in [0.2, 0.25) is 0 Å². The Morgan fingerprint density at radius 3 is 2.94 bits per heavy atom. The van der Waals surface area contributed by atoms with Crippen molar-refractivity contribution in [1.29, 1.82) is 0 Å². The third-order valence-electron chi connectivity index (χ3n) is 4.04. The second-order valence-corrected chi connectivity index (χ2v) is 5.39. The van der Waals surface area contributed by atoms with Crippen LogP contribution >= 0.6 is 0 Å². The molecule has 0 aromatic heterocycles. The minimum atomic E-state index is 0.573. The van der Waals surface area contributed by atoms with Crippen LogP contribution in [-0.2, 0) is 12.8 Å². The summed E-state index contributed by atoms with van der Waals surface area (Å²) in [7, 11) is 0. The normalized spacial score (nSPS) is 23.2. The van der Waals surface area contributed by atoms with Crippen LogP contribution in [0.5, 0.6) is 0 Å². The number of carbonyl (C=O) groups is 1. The maximum atomic E-state index is 11.0. The van der Waals surface area contributed by atoms with Crippen molar-refractivity contribution >= 4 is 6.29 Å². The fraction of sp³-hybridized carbons (Fsp3) is 0.533. The number of hydrogen-bond acceptors (Lipinski definition) is 2. The first kappa shape index (κ1) is 11.0. The highest BCUT2D eigenvalue weighted by molar-refractivity contribution is 5.78. The molecule has 1 fully saturated rings. The first-order chi connectivity index (χ1) is 8.36. The Morgan fingerprint density at radius 2 is 2.18 bits per heavy atom. The summed E-state index contributed by atoms with van der Waals surface area (Å²) in [5.41, 5.74) is 3.54. The van der Waals surface area contributed by atoms with E-state index in [1.165, 1.54) is 36.9 Å². The highest BCUT2D eigenvalue weighted by atomic mass is 16.1. The molecule has 1 aromatic carbocycles. The fourth-order valence-corrected chi connectivity index (χ4v) is 2.76. The van der Waals surface area contributed by atoms with Crippen LogP contribution < -0.4 is 5.32 Å². The van der Waals surface area contributed by atoms with Gasteiger partial charge in [0.05, 0.1) is 0 Å². The Labute approximate surface area is 102 Å². The quantitative estimate of drug-likeness (QED) is 0.803. The van der Waals surface area contributed by atoms with Gasteiger partial charge >= 0.3 is 0 Å². The van der Waals surface area contributed by atoms with Crippen LogP contribution in [0.1, 0.15) is 40.7 Å². The minimum absolute atomic E-state index is 0.573. The Morgan fingerprint density at radius 1 is 1.29 bits per heavy atom. The van der Waals surface area contributed by atoms with Crippen LogP contribution in [-0.4, -0.2) is 18.9 Å². The van der Waals surface area contributed by atoms with Crippen LogP contribution in [0.4, 0.5) is 0 Å². The largest absolute Gasteiger partial charge is 0.313 e. The third kappa shape index (κ3) is 2.42. The number of fused-ring (bicyclic) bond motifs is 1. The van der Waals surface area contributed by atoms with E-state index in [1.807, 2.05) is 12.1 Å². The van der Waals surface area contributed by atoms with Crippen LogP contribution in [0, 0.1) is 5.92 Å². The van der Waals surface area contributed by atoms with Gasteiger partial charge in [0.25, 0.3) is 0 Å². The van der Waals surface area contributed by atoms with Gasteiger partial charge in [-0.25, -0.2) is 0 Å². The average Bonchev–Trinajstić information content (AvgIpc) is 3.19. The molecule has 0 aliphatic heterocycles. The molecular weight excluding hydrogens is 210 g/mol. The van der Waals surface area contributed by atoms with Crippen molar-refractivity contribution < 1.29 is 4.79 Å². The molecule has 0 bridgehead atoms. The van der Waals surface area contributed by atoms with Gasteiger partial charge in [0, 0.05) is 11.6 Å². The average molecular weight is 229 g/mol. The van der Waals surface area contributed by atoms with E-state index in [0.29, 0.717) is 6.04 Å². The third-order valence-corrected chi connectivity index (χ3v) is 4.04. The maximum absolute atomic E-state index is 11.0. The van der Waals surface area contributed by atoms with E-state index in [-0.39, 0.29) is 0 Å². The molecule has 1 N–H and O–H groups in total. The van der Waals surface area contributed by atoms with E-state index < -0.39 is 0 Å². The van der Waals surface area contributed by atoms with Crippen molar-refractivity contribution in [2.45, 2.75) is 38.1 Å². The standard InChI is InChI=1S/C15H19NO/c17-10-13-3-1-2-12-6-7-14(8-15(12)13)16-9-11-4-5-11/h1-3,10-11,14,16H,4-9H2. The summed E-state index contributed by atoms with van der Waals surface area (Å²) < 4.78 is 0. The number of carbonyl (C=O) groups excluding carboxylic acids is 1. The highest BCUT2D eigenvalue weighted by Gasteiger charge is 2.24. The molecule has 1 atom stereocenters. The van der Waals surface area contributed by atoms with Gasteiger partial charge in [-0.3, -0.25) is 4.79 Å². The van der Waals surface area contributed by atoms with Crippen molar-refractivity contribution in [3.8, 4) is 0 Å². The maximum Gasteiger partial charge on any atom is 0.150 e. The van der Waals surface area contributed by atoms with Crippen molar-refractivity contribution in [2.24, 2.45) is 5.92 Å². The Kier molecular flexibility index (Phi) is 2.98. The molecule has 0 radical (unpaired) electrons. The minimum Gasteiger partial charge on any atom is -0.313 e. The predicted octanol–water partition coefficient (Wildman–Crippen LogP) is 2.36. The predicted molar refractivity (Wildman–Crippen MR) is 68.4 cm³/mol. The van der Waals surface area contributed by atoms with Crippen molar-refractivity contribution in [3.63, 3.8) is 0 Å². The molecule has 0 spiro atoms. The summed E-state index contributed by atoms with van der Waals surface area (Å²) in [6.07, 6.45) is 7.15. The zero-order valence-electron chi connectivity index (χ0n) is 10.1. The van der Waals surface area contributed by atoms with Crippen LogP contribution in [0.25, 0.3) is 0 Å². The summed E-state index contributed by atoms with van der Waals surface area (Å²) in [4.78, 5) is 11.0. The zero-order valence-corrected chi connectivity index (χ0v) is 10.1. The highest BCUT2D eigenvalue weighted by Crippen LogP contribution is 2.29. The van der Waals surface area contributed by atoms with E-state index in [9.17, 15) is 4.79 Å². The lowest BCUT2D eigenvalue weighted by molar-refractivity contribution is 0.112. The lowest BCUT2D eigenvalue weighted by atomic mass is 9.85. The monoisotopic (exact) mass is 229 g/mol. The molecule has 90 valence electrons. The number of aryl methyl sites for hydroxylation is 1. The molecule has 2 heteroatoms. The van der Waals surface area contributed by atoms with Crippen molar-refractivity contribution in [1.82, 2.24) is 5.32 Å². The van der Waals surface area contributed by atoms with Gasteiger partial charge in [-0.15, -0.1) is 0 Å². The van der Waals surface area contributed by atoms with Crippen LogP contribution in [0.2, 0.25) is 0 Å². The summed E-state index contributed by atoms with van der Waals surface area (Å²) >= 11 is 0. The lowest BCUT2D eigenvalue weighted by Gasteiger charge is -2.26. The van der Waals surface area contributed by atoms with E-state index in [1.54, 1.807) is 0 Å². The van der Waals surface area contributed by atoms with E-state index in [2.05, 4.69) is 11.4 Å². The summed E-state index contributed by atoms with van der Waals surface area (Å²) in [5.74, 6) is 0.928. The van der Waals surface area contributed by atoms with E-state index in [4.69, 9.17) is 0 Å². The summed E-state index contributed by atoms with van der Waals surface area (Å²) in [6.45, 7) is 1.17. The summed E-state index contributed by atoms with van der Waals surface area (Å²) in [6, 6.07) is 6.68. The summed E-state index contributed by atoms with van der Waals surface area (Å²) in [5, 5.41) is 3.66. The second kappa shape index (κ2) is 4.61. The van der Waals surface area contributed by atoms with Gasteiger partial charge in [0.15, 0.2) is 0 Å². The molecule has 0 saturated heterocycles. The van der Waals surface area contributed by atoms with Gasteiger partial charge < -0.3 is 5.32 Å². The molecule has 2 aliphatic carbocycles. The molecule has 1 aromatic rings. The number of hydrogen-bond donors (Lipinski definition) is 1. The number of benzene rings is 1. The fourth-order valence-electron chi connectivity index (χ4n) is 2.76. The zero-order chi connectivity index (χ0) is 11.7. The van der Waals surface area contributed by atoms with Crippen LogP contribution in [0.3, 0.4) is 0 Å². The Hall–Kier alpha value is -1.15. The van der Waals surface area contributed by atoms with Gasteiger partial charge in [-0.1, -0.05) is 18.2 Å². The van der Waals surface area contributed by atoms with Gasteiger partial charge in [0.1, 0.15) is 6.29 Å². The molecule has 0 heterocycles. The van der Waals surface area contributed by atoms with Gasteiger partial charge in [-0.05, 0) is 55.7 Å². The van der Waals surface area contributed by atoms with Gasteiger partial charge in [-0.2, -0.15) is 0 Å². The second-order valence-electron chi connectivity index (χ2n) is 5.39. The molecule has 17 heavy (non-hydrogen) atoms. The molecule has 2 aliphatic rings. The molecule has 3 rings (SSSR count). The molecule has 2 nitrogen and oxygen atoms in total. The SMILES string of the molecule is O=Cc1cccc2c1CC(NCC1CC1)CC2. The molecular formula is C15H19NO. The Balaban J connectivity index is 1.71. The Bertz CT molecular complexity index is 423. The molecule has 1 saturated carbocycles. The topological polar surface area (TPSA) is 29.1 Å². The smallest absolute Gasteiger partial charge is 0.150 e. The van der Waals surface area contributed by atoms with Crippen molar-refractivity contribution in [3.05, 3.63) is 34.9 Å².